The fourth-order valence-electron chi connectivity index (χ4n) is 3.29. The van der Waals surface area contributed by atoms with Crippen LogP contribution in [-0.2, 0) is 9.47 Å². The number of methoxy groups -OCH3 is 1. The standard InChI is InChI=1S/C22H31Cl2N3O3/c1-4-18(29-3)6-5-10-26-12-14-27(15-13-26)11-9-21(30-22(28)25-2)17-7-8-19(23)20(24)16-17/h4-8,16,21H,9-15H2,1-3H3,(H,25,28)/b6-5-,18-4+. The number of rotatable bonds is 9. The molecular weight excluding hydrogens is 425 g/mol. The van der Waals surface area contributed by atoms with Crippen molar-refractivity contribution in [2.75, 3.05) is 53.4 Å². The van der Waals surface area contributed by atoms with Gasteiger partial charge in [0.1, 0.15) is 11.9 Å². The zero-order valence-electron chi connectivity index (χ0n) is 17.9. The first-order valence-corrected chi connectivity index (χ1v) is 10.9. The van der Waals surface area contributed by atoms with Crippen LogP contribution in [0.4, 0.5) is 4.79 Å². The maximum absolute atomic E-state index is 11.8. The van der Waals surface area contributed by atoms with Gasteiger partial charge < -0.3 is 19.7 Å². The minimum absolute atomic E-state index is 0.381. The Kier molecular flexibility index (Phi) is 10.5. The van der Waals surface area contributed by atoms with E-state index < -0.39 is 6.09 Å². The molecule has 0 saturated carbocycles. The summed E-state index contributed by atoms with van der Waals surface area (Å²) in [6.07, 6.45) is 5.92. The average molecular weight is 456 g/mol. The van der Waals surface area contributed by atoms with Crippen molar-refractivity contribution in [2.45, 2.75) is 19.4 Å². The Hall–Kier alpha value is -1.73. The minimum atomic E-state index is -0.459. The van der Waals surface area contributed by atoms with Crippen molar-refractivity contribution in [3.63, 3.8) is 0 Å². The quantitative estimate of drug-likeness (QED) is 0.438. The van der Waals surface area contributed by atoms with Gasteiger partial charge in [-0.05, 0) is 36.8 Å². The summed E-state index contributed by atoms with van der Waals surface area (Å²) < 4.78 is 10.8. The van der Waals surface area contributed by atoms with E-state index in [4.69, 9.17) is 32.7 Å². The molecule has 1 atom stereocenters. The molecule has 0 radical (unpaired) electrons. The molecule has 166 valence electrons. The number of alkyl carbamates (subject to hydrolysis) is 1. The second kappa shape index (κ2) is 12.8. The van der Waals surface area contributed by atoms with Gasteiger partial charge in [0.05, 0.1) is 17.2 Å². The molecule has 1 saturated heterocycles. The number of halogens is 2. The molecule has 1 amide bonds. The number of carbonyl (C=O) groups is 1. The van der Waals surface area contributed by atoms with E-state index in [0.29, 0.717) is 16.5 Å². The maximum Gasteiger partial charge on any atom is 0.407 e. The van der Waals surface area contributed by atoms with Gasteiger partial charge in [-0.25, -0.2) is 4.79 Å². The number of benzene rings is 1. The zero-order valence-corrected chi connectivity index (χ0v) is 19.4. The summed E-state index contributed by atoms with van der Waals surface area (Å²) in [4.78, 5) is 16.6. The van der Waals surface area contributed by atoms with Crippen LogP contribution in [0.2, 0.25) is 10.0 Å². The number of hydrogen-bond acceptors (Lipinski definition) is 5. The van der Waals surface area contributed by atoms with E-state index in [1.807, 2.05) is 25.1 Å². The van der Waals surface area contributed by atoms with Crippen molar-refractivity contribution < 1.29 is 14.3 Å². The lowest BCUT2D eigenvalue weighted by Gasteiger charge is -2.34. The molecule has 0 aromatic heterocycles. The normalized spacial score (nSPS) is 17.2. The third kappa shape index (κ3) is 7.84. The molecule has 0 spiro atoms. The predicted molar refractivity (Wildman–Crippen MR) is 122 cm³/mol. The Labute approximate surface area is 189 Å². The van der Waals surface area contributed by atoms with Crippen LogP contribution in [0.25, 0.3) is 0 Å². The fraction of sp³-hybridized carbons (Fsp3) is 0.500. The molecule has 6 nitrogen and oxygen atoms in total. The monoisotopic (exact) mass is 455 g/mol. The van der Waals surface area contributed by atoms with Crippen molar-refractivity contribution in [1.29, 1.82) is 0 Å². The molecule has 1 unspecified atom stereocenters. The van der Waals surface area contributed by atoms with E-state index in [1.54, 1.807) is 26.3 Å². The molecule has 1 aliphatic heterocycles. The number of carbonyl (C=O) groups excluding carboxylic acids is 1. The third-order valence-electron chi connectivity index (χ3n) is 5.11. The van der Waals surface area contributed by atoms with Crippen LogP contribution in [0.3, 0.4) is 0 Å². The van der Waals surface area contributed by atoms with Gasteiger partial charge in [0.15, 0.2) is 0 Å². The molecule has 0 bridgehead atoms. The highest BCUT2D eigenvalue weighted by molar-refractivity contribution is 6.42. The van der Waals surface area contributed by atoms with Gasteiger partial charge in [0.25, 0.3) is 0 Å². The topological polar surface area (TPSA) is 54.0 Å². The first-order valence-electron chi connectivity index (χ1n) is 10.1. The van der Waals surface area contributed by atoms with Gasteiger partial charge in [-0.1, -0.05) is 35.3 Å². The summed E-state index contributed by atoms with van der Waals surface area (Å²) in [5.74, 6) is 0.873. The highest BCUT2D eigenvalue weighted by Crippen LogP contribution is 2.29. The SMILES string of the molecule is C/C=C(\C=C/CN1CCN(CCC(OC(=O)NC)c2ccc(Cl)c(Cl)c2)CC1)OC. The van der Waals surface area contributed by atoms with E-state index in [0.717, 1.165) is 50.6 Å². The molecule has 0 aliphatic carbocycles. The van der Waals surface area contributed by atoms with Crippen LogP contribution in [0.15, 0.2) is 42.2 Å². The van der Waals surface area contributed by atoms with Crippen LogP contribution < -0.4 is 5.32 Å². The second-order valence-electron chi connectivity index (χ2n) is 7.05. The molecule has 1 N–H and O–H groups in total. The number of nitrogens with one attached hydrogen (secondary N) is 1. The maximum atomic E-state index is 11.8. The van der Waals surface area contributed by atoms with E-state index in [-0.39, 0.29) is 6.10 Å². The lowest BCUT2D eigenvalue weighted by molar-refractivity contribution is 0.0764. The second-order valence-corrected chi connectivity index (χ2v) is 7.86. The Balaban J connectivity index is 1.86. The smallest absolute Gasteiger partial charge is 0.407 e. The van der Waals surface area contributed by atoms with Crippen molar-refractivity contribution in [3.8, 4) is 0 Å². The Bertz CT molecular complexity index is 747. The summed E-state index contributed by atoms with van der Waals surface area (Å²) in [6.45, 7) is 7.64. The summed E-state index contributed by atoms with van der Waals surface area (Å²) in [5, 5.41) is 3.45. The number of amides is 1. The largest absolute Gasteiger partial charge is 0.497 e. The summed E-state index contributed by atoms with van der Waals surface area (Å²) in [7, 11) is 3.23. The van der Waals surface area contributed by atoms with Crippen molar-refractivity contribution >= 4 is 29.3 Å². The Morgan fingerprint density at radius 3 is 2.50 bits per heavy atom. The third-order valence-corrected chi connectivity index (χ3v) is 5.85. The first-order chi connectivity index (χ1) is 14.5. The Morgan fingerprint density at radius 1 is 1.20 bits per heavy atom. The molecule has 1 fully saturated rings. The molecule has 8 heteroatoms. The van der Waals surface area contributed by atoms with Crippen molar-refractivity contribution in [1.82, 2.24) is 15.1 Å². The highest BCUT2D eigenvalue weighted by Gasteiger charge is 2.21. The molecule has 30 heavy (non-hydrogen) atoms. The lowest BCUT2D eigenvalue weighted by atomic mass is 10.1. The lowest BCUT2D eigenvalue weighted by Crippen LogP contribution is -2.46. The van der Waals surface area contributed by atoms with E-state index in [1.165, 1.54) is 0 Å². The zero-order chi connectivity index (χ0) is 21.9. The summed E-state index contributed by atoms with van der Waals surface area (Å²) in [5.41, 5.74) is 0.842. The van der Waals surface area contributed by atoms with Crippen molar-refractivity contribution in [2.24, 2.45) is 0 Å². The number of allylic oxidation sites excluding steroid dienone is 2. The van der Waals surface area contributed by atoms with Gasteiger partial charge in [-0.15, -0.1) is 0 Å². The molecule has 1 heterocycles. The molecule has 1 aromatic rings. The number of hydrogen-bond donors (Lipinski definition) is 1. The van der Waals surface area contributed by atoms with Gasteiger partial charge in [0, 0.05) is 52.7 Å². The minimum Gasteiger partial charge on any atom is -0.497 e. The number of piperazine rings is 1. The Morgan fingerprint density at radius 2 is 1.90 bits per heavy atom. The fourth-order valence-corrected chi connectivity index (χ4v) is 3.60. The average Bonchev–Trinajstić information content (AvgIpc) is 2.76. The van der Waals surface area contributed by atoms with E-state index >= 15 is 0 Å². The van der Waals surface area contributed by atoms with E-state index in [2.05, 4.69) is 21.2 Å². The molecular formula is C22H31Cl2N3O3. The number of nitrogens with zero attached hydrogens (tertiary/aromatic N) is 2. The van der Waals surface area contributed by atoms with Gasteiger partial charge in [0.2, 0.25) is 0 Å². The van der Waals surface area contributed by atoms with Crippen LogP contribution >= 0.6 is 23.2 Å². The van der Waals surface area contributed by atoms with Crippen LogP contribution in [0, 0.1) is 0 Å². The van der Waals surface area contributed by atoms with E-state index in [9.17, 15) is 4.79 Å². The van der Waals surface area contributed by atoms with Crippen molar-refractivity contribution in [3.05, 3.63) is 57.8 Å². The summed E-state index contributed by atoms with van der Waals surface area (Å²) >= 11 is 12.2. The predicted octanol–water partition coefficient (Wildman–Crippen LogP) is 4.50. The van der Waals surface area contributed by atoms with Gasteiger partial charge >= 0.3 is 6.09 Å². The molecule has 1 aliphatic rings. The summed E-state index contributed by atoms with van der Waals surface area (Å²) in [6, 6.07) is 5.35. The van der Waals surface area contributed by atoms with Gasteiger partial charge in [-0.3, -0.25) is 4.90 Å². The molecule has 1 aromatic carbocycles. The number of ether oxygens (including phenoxy) is 2. The highest BCUT2D eigenvalue weighted by atomic mass is 35.5. The van der Waals surface area contributed by atoms with Gasteiger partial charge in [-0.2, -0.15) is 0 Å². The van der Waals surface area contributed by atoms with Crippen LogP contribution in [0.5, 0.6) is 0 Å². The van der Waals surface area contributed by atoms with Crippen LogP contribution in [-0.4, -0.2) is 69.3 Å². The first kappa shape index (κ1) is 24.5. The molecule has 2 rings (SSSR count). The van der Waals surface area contributed by atoms with Crippen LogP contribution in [0.1, 0.15) is 25.0 Å².